The van der Waals surface area contributed by atoms with Crippen LogP contribution in [0.25, 0.3) is 10.2 Å². The molecule has 0 amide bonds. The number of aryl methyl sites for hydroxylation is 2. The zero-order valence-electron chi connectivity index (χ0n) is 18.2. The highest BCUT2D eigenvalue weighted by Crippen LogP contribution is 2.35. The number of hydrogen-bond donors (Lipinski definition) is 1. The Hall–Kier alpha value is -3.00. The van der Waals surface area contributed by atoms with Gasteiger partial charge < -0.3 is 9.84 Å². The summed E-state index contributed by atoms with van der Waals surface area (Å²) in [6.07, 6.45) is -0.286. The van der Waals surface area contributed by atoms with Gasteiger partial charge in [0.15, 0.2) is 0 Å². The van der Waals surface area contributed by atoms with Crippen LogP contribution in [0.5, 0.6) is 0 Å². The third-order valence-electron chi connectivity index (χ3n) is 5.68. The zero-order valence-corrected chi connectivity index (χ0v) is 19.0. The predicted octanol–water partition coefficient (Wildman–Crippen LogP) is 3.50. The molecule has 7 heteroatoms. The third-order valence-corrected chi connectivity index (χ3v) is 7.05. The van der Waals surface area contributed by atoms with Crippen molar-refractivity contribution in [3.63, 3.8) is 0 Å². The molecule has 4 aromatic rings. The maximum Gasteiger partial charge on any atom is 0.332 e. The zero-order chi connectivity index (χ0) is 22.7. The molecule has 2 heterocycles. The van der Waals surface area contributed by atoms with Gasteiger partial charge in [-0.05, 0) is 30.0 Å². The fraction of sp³-hybridized carbons (Fsp3) is 0.280. The van der Waals surface area contributed by atoms with Crippen LogP contribution in [0, 0.1) is 6.92 Å². The molecule has 0 aliphatic rings. The SMILES string of the molecule is COCCn1c(=O)n(CCc2ccccc2)c(=O)c2c(C)c(C(O)c3ccccc3)sc21. The van der Waals surface area contributed by atoms with Crippen LogP contribution in [0.4, 0.5) is 0 Å². The summed E-state index contributed by atoms with van der Waals surface area (Å²) in [5.41, 5.74) is 1.86. The van der Waals surface area contributed by atoms with Gasteiger partial charge in [-0.3, -0.25) is 13.9 Å². The number of ether oxygens (including phenoxy) is 1. The summed E-state index contributed by atoms with van der Waals surface area (Å²) >= 11 is 1.30. The number of aromatic nitrogens is 2. The van der Waals surface area contributed by atoms with E-state index in [1.54, 1.807) is 11.7 Å². The van der Waals surface area contributed by atoms with Crippen LogP contribution >= 0.6 is 11.3 Å². The highest BCUT2D eigenvalue weighted by atomic mass is 32.1. The minimum absolute atomic E-state index is 0.288. The first-order valence-electron chi connectivity index (χ1n) is 10.6. The molecule has 4 rings (SSSR count). The number of aliphatic hydroxyl groups is 1. The number of methoxy groups -OCH3 is 1. The van der Waals surface area contributed by atoms with E-state index in [9.17, 15) is 14.7 Å². The molecule has 0 saturated carbocycles. The first kappa shape index (κ1) is 22.2. The van der Waals surface area contributed by atoms with Crippen LogP contribution < -0.4 is 11.2 Å². The Morgan fingerprint density at radius 2 is 1.62 bits per heavy atom. The van der Waals surface area contributed by atoms with Gasteiger partial charge in [-0.15, -0.1) is 11.3 Å². The minimum atomic E-state index is -0.864. The second-order valence-electron chi connectivity index (χ2n) is 7.70. The van der Waals surface area contributed by atoms with E-state index in [0.717, 1.165) is 11.1 Å². The van der Waals surface area contributed by atoms with Gasteiger partial charge in [0.2, 0.25) is 0 Å². The van der Waals surface area contributed by atoms with E-state index in [4.69, 9.17) is 4.74 Å². The van der Waals surface area contributed by atoms with Crippen LogP contribution in [-0.2, 0) is 24.2 Å². The molecule has 166 valence electrons. The maximum absolute atomic E-state index is 13.4. The largest absolute Gasteiger partial charge is 0.383 e. The van der Waals surface area contributed by atoms with E-state index in [1.807, 2.05) is 67.6 Å². The van der Waals surface area contributed by atoms with Crippen molar-refractivity contribution in [1.29, 1.82) is 0 Å². The summed E-state index contributed by atoms with van der Waals surface area (Å²) in [4.78, 5) is 28.0. The van der Waals surface area contributed by atoms with E-state index >= 15 is 0 Å². The Balaban J connectivity index is 1.85. The molecule has 1 atom stereocenters. The molecule has 32 heavy (non-hydrogen) atoms. The number of thiophene rings is 1. The van der Waals surface area contributed by atoms with Crippen molar-refractivity contribution in [2.45, 2.75) is 32.5 Å². The van der Waals surface area contributed by atoms with Crippen LogP contribution in [0.3, 0.4) is 0 Å². The Labute approximate surface area is 190 Å². The number of hydrogen-bond acceptors (Lipinski definition) is 5. The average Bonchev–Trinajstić information content (AvgIpc) is 3.16. The molecular formula is C25H26N2O4S. The fourth-order valence-electron chi connectivity index (χ4n) is 3.92. The summed E-state index contributed by atoms with van der Waals surface area (Å²) in [7, 11) is 1.58. The van der Waals surface area contributed by atoms with Crippen molar-refractivity contribution in [2.24, 2.45) is 0 Å². The lowest BCUT2D eigenvalue weighted by atomic mass is 10.0. The summed E-state index contributed by atoms with van der Waals surface area (Å²) < 4.78 is 8.12. The van der Waals surface area contributed by atoms with Crippen molar-refractivity contribution < 1.29 is 9.84 Å². The summed E-state index contributed by atoms with van der Waals surface area (Å²) in [6.45, 7) is 2.81. The van der Waals surface area contributed by atoms with Gasteiger partial charge in [0.25, 0.3) is 5.56 Å². The van der Waals surface area contributed by atoms with Crippen molar-refractivity contribution in [3.05, 3.63) is 103 Å². The number of nitrogens with zero attached hydrogens (tertiary/aromatic N) is 2. The van der Waals surface area contributed by atoms with E-state index < -0.39 is 6.10 Å². The maximum atomic E-state index is 13.4. The van der Waals surface area contributed by atoms with E-state index in [-0.39, 0.29) is 17.8 Å². The lowest BCUT2D eigenvalue weighted by Crippen LogP contribution is -2.40. The van der Waals surface area contributed by atoms with Crippen molar-refractivity contribution in [2.75, 3.05) is 13.7 Å². The Bertz CT molecular complexity index is 1320. The van der Waals surface area contributed by atoms with Crippen molar-refractivity contribution in [3.8, 4) is 0 Å². The number of fused-ring (bicyclic) bond motifs is 1. The molecule has 0 aliphatic heterocycles. The molecule has 0 radical (unpaired) electrons. The lowest BCUT2D eigenvalue weighted by Gasteiger charge is -2.12. The molecule has 0 fully saturated rings. The number of rotatable bonds is 8. The summed E-state index contributed by atoms with van der Waals surface area (Å²) in [6, 6.07) is 19.1. The second kappa shape index (κ2) is 9.65. The molecule has 2 aromatic carbocycles. The topological polar surface area (TPSA) is 73.5 Å². The quantitative estimate of drug-likeness (QED) is 0.446. The van der Waals surface area contributed by atoms with Crippen LogP contribution in [0.1, 0.15) is 27.7 Å². The normalized spacial score (nSPS) is 12.3. The van der Waals surface area contributed by atoms with E-state index in [0.29, 0.717) is 40.2 Å². The van der Waals surface area contributed by atoms with Crippen molar-refractivity contribution in [1.82, 2.24) is 9.13 Å². The van der Waals surface area contributed by atoms with Gasteiger partial charge in [-0.25, -0.2) is 4.79 Å². The monoisotopic (exact) mass is 450 g/mol. The van der Waals surface area contributed by atoms with E-state index in [1.165, 1.54) is 15.9 Å². The van der Waals surface area contributed by atoms with Gasteiger partial charge in [0, 0.05) is 18.5 Å². The Morgan fingerprint density at radius 3 is 2.28 bits per heavy atom. The first-order valence-corrected chi connectivity index (χ1v) is 11.4. The molecule has 0 saturated heterocycles. The van der Waals surface area contributed by atoms with Gasteiger partial charge in [-0.2, -0.15) is 0 Å². The summed E-state index contributed by atoms with van der Waals surface area (Å²) in [5, 5.41) is 11.5. The highest BCUT2D eigenvalue weighted by molar-refractivity contribution is 7.19. The van der Waals surface area contributed by atoms with Crippen LogP contribution in [0.15, 0.2) is 70.3 Å². The molecule has 1 N–H and O–H groups in total. The van der Waals surface area contributed by atoms with Gasteiger partial charge in [0.05, 0.1) is 18.5 Å². The minimum Gasteiger partial charge on any atom is -0.383 e. The number of benzene rings is 2. The van der Waals surface area contributed by atoms with Gasteiger partial charge in [0.1, 0.15) is 10.9 Å². The van der Waals surface area contributed by atoms with Gasteiger partial charge >= 0.3 is 5.69 Å². The average molecular weight is 451 g/mol. The molecule has 0 spiro atoms. The number of aliphatic hydroxyl groups excluding tert-OH is 1. The molecule has 0 bridgehead atoms. The molecule has 0 aliphatic carbocycles. The molecule has 2 aromatic heterocycles. The Kier molecular flexibility index (Phi) is 6.69. The van der Waals surface area contributed by atoms with Crippen LogP contribution in [-0.4, -0.2) is 28.0 Å². The van der Waals surface area contributed by atoms with E-state index in [2.05, 4.69) is 0 Å². The van der Waals surface area contributed by atoms with Gasteiger partial charge in [-0.1, -0.05) is 60.7 Å². The molecule has 6 nitrogen and oxygen atoms in total. The van der Waals surface area contributed by atoms with Crippen LogP contribution in [0.2, 0.25) is 0 Å². The fourth-order valence-corrected chi connectivity index (χ4v) is 5.26. The third kappa shape index (κ3) is 4.19. The smallest absolute Gasteiger partial charge is 0.332 e. The molecular weight excluding hydrogens is 424 g/mol. The second-order valence-corrected chi connectivity index (χ2v) is 8.73. The standard InChI is InChI=1S/C25H26N2O4S/c1-17-20-23(29)26(14-13-18-9-5-3-6-10-18)25(30)27(15-16-31-2)24(20)32-22(17)21(28)19-11-7-4-8-12-19/h3-12,21,28H,13-16H2,1-2H3. The van der Waals surface area contributed by atoms with Crippen molar-refractivity contribution >= 4 is 21.6 Å². The summed E-state index contributed by atoms with van der Waals surface area (Å²) in [5.74, 6) is 0. The lowest BCUT2D eigenvalue weighted by molar-refractivity contribution is 0.186. The molecule has 1 unspecified atom stereocenters. The first-order chi connectivity index (χ1) is 15.5. The predicted molar refractivity (Wildman–Crippen MR) is 128 cm³/mol. The highest BCUT2D eigenvalue weighted by Gasteiger charge is 2.24. The Morgan fingerprint density at radius 1 is 0.969 bits per heavy atom.